The fraction of sp³-hybridized carbons (Fsp3) is 0.407. The third-order valence-corrected chi connectivity index (χ3v) is 6.84. The first-order chi connectivity index (χ1) is 17.5. The number of aromatic nitrogens is 3. The minimum atomic E-state index is -0.154. The summed E-state index contributed by atoms with van der Waals surface area (Å²) in [7, 11) is 0. The van der Waals surface area contributed by atoms with Gasteiger partial charge in [0.2, 0.25) is 5.91 Å². The van der Waals surface area contributed by atoms with Crippen molar-refractivity contribution in [3.05, 3.63) is 71.0 Å². The van der Waals surface area contributed by atoms with Gasteiger partial charge in [0.1, 0.15) is 11.9 Å². The molecule has 2 aromatic carbocycles. The SMILES string of the molecule is CCOc1ccc(NC(=O)C2CCN(C(=O)c3nnn4c3COC(c3ccc(C)cc3)C4)CC2)cc1. The highest BCUT2D eigenvalue weighted by atomic mass is 16.5. The Morgan fingerprint density at radius 3 is 2.50 bits per heavy atom. The van der Waals surface area contributed by atoms with Gasteiger partial charge >= 0.3 is 0 Å². The Balaban J connectivity index is 1.16. The van der Waals surface area contributed by atoms with Crippen molar-refractivity contribution in [2.75, 3.05) is 25.0 Å². The van der Waals surface area contributed by atoms with E-state index < -0.39 is 0 Å². The molecule has 1 aromatic heterocycles. The van der Waals surface area contributed by atoms with E-state index in [0.29, 0.717) is 50.5 Å². The van der Waals surface area contributed by atoms with Gasteiger partial charge in [-0.1, -0.05) is 35.0 Å². The molecule has 3 heterocycles. The minimum Gasteiger partial charge on any atom is -0.494 e. The van der Waals surface area contributed by atoms with E-state index >= 15 is 0 Å². The molecule has 1 N–H and O–H groups in total. The van der Waals surface area contributed by atoms with Crippen molar-refractivity contribution >= 4 is 17.5 Å². The Labute approximate surface area is 210 Å². The molecule has 3 aromatic rings. The summed E-state index contributed by atoms with van der Waals surface area (Å²) in [5.74, 6) is 0.449. The zero-order valence-electron chi connectivity index (χ0n) is 20.6. The number of hydrogen-bond acceptors (Lipinski definition) is 6. The summed E-state index contributed by atoms with van der Waals surface area (Å²) in [6.45, 7) is 6.39. The fourth-order valence-electron chi connectivity index (χ4n) is 4.70. The van der Waals surface area contributed by atoms with E-state index in [1.54, 1.807) is 9.58 Å². The summed E-state index contributed by atoms with van der Waals surface area (Å²) in [6, 6.07) is 15.6. The lowest BCUT2D eigenvalue weighted by molar-refractivity contribution is -0.121. The van der Waals surface area contributed by atoms with Crippen LogP contribution in [0.1, 0.15) is 53.2 Å². The molecule has 0 spiro atoms. The van der Waals surface area contributed by atoms with Crippen LogP contribution in [0.2, 0.25) is 0 Å². The van der Waals surface area contributed by atoms with E-state index in [1.165, 1.54) is 5.56 Å². The number of ether oxygens (including phenoxy) is 2. The third kappa shape index (κ3) is 5.11. The molecule has 0 bridgehead atoms. The summed E-state index contributed by atoms with van der Waals surface area (Å²) in [4.78, 5) is 27.7. The van der Waals surface area contributed by atoms with E-state index in [2.05, 4.69) is 46.8 Å². The van der Waals surface area contributed by atoms with E-state index in [-0.39, 0.29) is 30.4 Å². The molecule has 9 nitrogen and oxygen atoms in total. The molecule has 0 saturated carbocycles. The van der Waals surface area contributed by atoms with Crippen molar-refractivity contribution < 1.29 is 19.1 Å². The number of benzene rings is 2. The molecule has 1 unspecified atom stereocenters. The molecular weight excluding hydrogens is 458 g/mol. The zero-order valence-corrected chi connectivity index (χ0v) is 20.6. The quantitative estimate of drug-likeness (QED) is 0.566. The molecule has 0 radical (unpaired) electrons. The van der Waals surface area contributed by atoms with Crippen LogP contribution in [-0.2, 0) is 22.7 Å². The number of aryl methyl sites for hydroxylation is 1. The van der Waals surface area contributed by atoms with Crippen molar-refractivity contribution in [2.24, 2.45) is 5.92 Å². The summed E-state index contributed by atoms with van der Waals surface area (Å²) >= 11 is 0. The standard InChI is InChI=1S/C27H31N5O4/c1-3-35-22-10-8-21(9-11-22)28-26(33)20-12-14-31(15-13-20)27(34)25-23-17-36-24(16-32(23)30-29-25)19-6-4-18(2)5-7-19/h4-11,20,24H,3,12-17H2,1-2H3,(H,28,33). The maximum atomic E-state index is 13.2. The molecule has 1 saturated heterocycles. The average Bonchev–Trinajstić information content (AvgIpc) is 3.33. The first kappa shape index (κ1) is 24.0. The number of likely N-dealkylation sites (tertiary alicyclic amines) is 1. The number of amides is 2. The molecular formula is C27H31N5O4. The molecule has 36 heavy (non-hydrogen) atoms. The van der Waals surface area contributed by atoms with E-state index in [4.69, 9.17) is 9.47 Å². The number of nitrogens with zero attached hydrogens (tertiary/aromatic N) is 4. The Morgan fingerprint density at radius 2 is 1.81 bits per heavy atom. The van der Waals surface area contributed by atoms with E-state index in [1.807, 2.05) is 31.2 Å². The largest absolute Gasteiger partial charge is 0.494 e. The van der Waals surface area contributed by atoms with Crippen LogP contribution in [0.15, 0.2) is 48.5 Å². The molecule has 9 heteroatoms. The Bertz CT molecular complexity index is 1210. The zero-order chi connectivity index (χ0) is 25.1. The fourth-order valence-corrected chi connectivity index (χ4v) is 4.70. The predicted octanol–water partition coefficient (Wildman–Crippen LogP) is 3.75. The second kappa shape index (κ2) is 10.5. The van der Waals surface area contributed by atoms with Gasteiger partial charge in [-0.25, -0.2) is 4.68 Å². The third-order valence-electron chi connectivity index (χ3n) is 6.84. The molecule has 1 atom stereocenters. The molecule has 188 valence electrons. The van der Waals surface area contributed by atoms with Crippen LogP contribution < -0.4 is 10.1 Å². The van der Waals surface area contributed by atoms with Crippen molar-refractivity contribution in [1.29, 1.82) is 0 Å². The van der Waals surface area contributed by atoms with Crippen LogP contribution in [0.3, 0.4) is 0 Å². The second-order valence-corrected chi connectivity index (χ2v) is 9.29. The number of piperidine rings is 1. The normalized spacial score (nSPS) is 17.9. The van der Waals surface area contributed by atoms with Gasteiger partial charge in [-0.2, -0.15) is 0 Å². The van der Waals surface area contributed by atoms with Crippen LogP contribution in [0.5, 0.6) is 5.75 Å². The monoisotopic (exact) mass is 489 g/mol. The maximum Gasteiger partial charge on any atom is 0.276 e. The second-order valence-electron chi connectivity index (χ2n) is 9.29. The summed E-state index contributed by atoms with van der Waals surface area (Å²) < 4.78 is 13.3. The van der Waals surface area contributed by atoms with Crippen molar-refractivity contribution in [2.45, 2.75) is 45.9 Å². The van der Waals surface area contributed by atoms with Crippen LogP contribution in [0, 0.1) is 12.8 Å². The van der Waals surface area contributed by atoms with Crippen LogP contribution in [0.25, 0.3) is 0 Å². The lowest BCUT2D eigenvalue weighted by Gasteiger charge is -2.31. The summed E-state index contributed by atoms with van der Waals surface area (Å²) in [5, 5.41) is 11.4. The van der Waals surface area contributed by atoms with E-state index in [0.717, 1.165) is 17.0 Å². The van der Waals surface area contributed by atoms with Gasteiger partial charge in [0.25, 0.3) is 5.91 Å². The Kier molecular flexibility index (Phi) is 6.99. The Hall–Kier alpha value is -3.72. The lowest BCUT2D eigenvalue weighted by atomic mass is 9.95. The highest BCUT2D eigenvalue weighted by molar-refractivity contribution is 5.94. The highest BCUT2D eigenvalue weighted by Gasteiger charge is 2.33. The van der Waals surface area contributed by atoms with Gasteiger partial charge in [0.05, 0.1) is 25.5 Å². The van der Waals surface area contributed by atoms with Gasteiger partial charge in [0.15, 0.2) is 5.69 Å². The molecule has 5 rings (SSSR count). The van der Waals surface area contributed by atoms with Crippen LogP contribution in [0.4, 0.5) is 5.69 Å². The number of anilines is 1. The van der Waals surface area contributed by atoms with E-state index in [9.17, 15) is 9.59 Å². The van der Waals surface area contributed by atoms with Gasteiger partial charge in [-0.15, -0.1) is 5.10 Å². The first-order valence-corrected chi connectivity index (χ1v) is 12.5. The lowest BCUT2D eigenvalue weighted by Crippen LogP contribution is -2.42. The number of carbonyl (C=O) groups excluding carboxylic acids is 2. The van der Waals surface area contributed by atoms with Crippen molar-refractivity contribution in [3.63, 3.8) is 0 Å². The molecule has 0 aliphatic carbocycles. The molecule has 1 fully saturated rings. The highest BCUT2D eigenvalue weighted by Crippen LogP contribution is 2.28. The summed E-state index contributed by atoms with van der Waals surface area (Å²) in [6.07, 6.45) is 1.08. The average molecular weight is 490 g/mol. The number of hydrogen-bond donors (Lipinski definition) is 1. The van der Waals surface area contributed by atoms with Gasteiger partial charge in [-0.05, 0) is 56.5 Å². The smallest absolute Gasteiger partial charge is 0.276 e. The van der Waals surface area contributed by atoms with Gasteiger partial charge in [0, 0.05) is 24.7 Å². The minimum absolute atomic E-state index is 0.0251. The molecule has 2 amide bonds. The van der Waals surface area contributed by atoms with Crippen LogP contribution >= 0.6 is 0 Å². The number of rotatable bonds is 6. The predicted molar refractivity (Wildman–Crippen MR) is 134 cm³/mol. The molecule has 2 aliphatic heterocycles. The topological polar surface area (TPSA) is 98.6 Å². The van der Waals surface area contributed by atoms with Crippen molar-refractivity contribution in [3.8, 4) is 5.75 Å². The number of carbonyl (C=O) groups is 2. The van der Waals surface area contributed by atoms with Gasteiger partial charge in [-0.3, -0.25) is 9.59 Å². The molecule has 2 aliphatic rings. The number of fused-ring (bicyclic) bond motifs is 1. The Morgan fingerprint density at radius 1 is 1.08 bits per heavy atom. The van der Waals surface area contributed by atoms with Crippen molar-refractivity contribution in [1.82, 2.24) is 19.9 Å². The van der Waals surface area contributed by atoms with Crippen LogP contribution in [-0.4, -0.2) is 51.4 Å². The maximum absolute atomic E-state index is 13.2. The summed E-state index contributed by atoms with van der Waals surface area (Å²) in [5.41, 5.74) is 4.07. The first-order valence-electron chi connectivity index (χ1n) is 12.5. The van der Waals surface area contributed by atoms with Gasteiger partial charge < -0.3 is 19.7 Å². The number of nitrogens with one attached hydrogen (secondary N) is 1.